The molecule has 2 amide bonds. The third-order valence-corrected chi connectivity index (χ3v) is 5.63. The van der Waals surface area contributed by atoms with Crippen molar-refractivity contribution in [1.29, 1.82) is 0 Å². The Labute approximate surface area is 191 Å². The minimum absolute atomic E-state index is 0.146. The number of carbonyl (C=O) groups is 3. The molecule has 32 heavy (non-hydrogen) atoms. The quantitative estimate of drug-likeness (QED) is 0.597. The lowest BCUT2D eigenvalue weighted by molar-refractivity contribution is -0.151. The van der Waals surface area contributed by atoms with E-state index in [1.54, 1.807) is 20.8 Å². The molecule has 1 aromatic carbocycles. The standard InChI is InChI=1S/C25H38N2O5/c1-7-25(14-11-15-27(25)23(30)32-24(4,5)6)22(29)26-20(16-18(2)3)21(28)31-17-19-12-9-8-10-13-19/h8-10,12-13,18,20H,7,11,14-17H2,1-6H3,(H,26,29)/t20?,25-/m0/s1. The minimum atomic E-state index is -1.03. The maximum atomic E-state index is 13.5. The third kappa shape index (κ3) is 6.71. The van der Waals surface area contributed by atoms with E-state index >= 15 is 0 Å². The summed E-state index contributed by atoms with van der Waals surface area (Å²) < 4.78 is 11.1. The zero-order valence-corrected chi connectivity index (χ0v) is 20.3. The van der Waals surface area contributed by atoms with Crippen molar-refractivity contribution in [3.05, 3.63) is 35.9 Å². The summed E-state index contributed by atoms with van der Waals surface area (Å²) >= 11 is 0. The maximum Gasteiger partial charge on any atom is 0.411 e. The normalized spacial score (nSPS) is 19.5. The first kappa shape index (κ1) is 25.7. The van der Waals surface area contributed by atoms with E-state index in [9.17, 15) is 14.4 Å². The highest BCUT2D eigenvalue weighted by Crippen LogP contribution is 2.34. The Bertz CT molecular complexity index is 787. The summed E-state index contributed by atoms with van der Waals surface area (Å²) in [5.41, 5.74) is -0.804. The summed E-state index contributed by atoms with van der Waals surface area (Å²) in [7, 11) is 0. The number of hydrogen-bond donors (Lipinski definition) is 1. The van der Waals surface area contributed by atoms with Gasteiger partial charge in [0.15, 0.2) is 0 Å². The second kappa shape index (κ2) is 10.8. The van der Waals surface area contributed by atoms with Crippen molar-refractivity contribution < 1.29 is 23.9 Å². The second-order valence-corrected chi connectivity index (χ2v) is 9.87. The topological polar surface area (TPSA) is 84.9 Å². The van der Waals surface area contributed by atoms with Gasteiger partial charge in [0.05, 0.1) is 0 Å². The summed E-state index contributed by atoms with van der Waals surface area (Å²) in [4.78, 5) is 40.7. The van der Waals surface area contributed by atoms with Gasteiger partial charge in [-0.15, -0.1) is 0 Å². The predicted octanol–water partition coefficient (Wildman–Crippen LogP) is 4.44. The number of carbonyl (C=O) groups excluding carboxylic acids is 3. The van der Waals surface area contributed by atoms with Gasteiger partial charge in [-0.05, 0) is 57.9 Å². The molecule has 1 saturated heterocycles. The fraction of sp³-hybridized carbons (Fsp3) is 0.640. The second-order valence-electron chi connectivity index (χ2n) is 9.87. The Morgan fingerprint density at radius 3 is 2.38 bits per heavy atom. The first-order valence-electron chi connectivity index (χ1n) is 11.5. The van der Waals surface area contributed by atoms with Crippen molar-refractivity contribution in [3.8, 4) is 0 Å². The molecule has 7 heteroatoms. The SMILES string of the molecule is CC[C@@]1(C(=O)NC(CC(C)C)C(=O)OCc2ccccc2)CCCN1C(=O)OC(C)(C)C. The van der Waals surface area contributed by atoms with Crippen LogP contribution in [0.25, 0.3) is 0 Å². The highest BCUT2D eigenvalue weighted by molar-refractivity contribution is 5.93. The van der Waals surface area contributed by atoms with E-state index in [0.717, 1.165) is 5.56 Å². The average Bonchev–Trinajstić information content (AvgIpc) is 3.16. The molecule has 1 fully saturated rings. The van der Waals surface area contributed by atoms with E-state index in [-0.39, 0.29) is 18.4 Å². The van der Waals surface area contributed by atoms with Crippen LogP contribution >= 0.6 is 0 Å². The number of amides is 2. The molecular weight excluding hydrogens is 408 g/mol. The monoisotopic (exact) mass is 446 g/mol. The highest BCUT2D eigenvalue weighted by Gasteiger charge is 2.50. The van der Waals surface area contributed by atoms with Crippen LogP contribution in [0.3, 0.4) is 0 Å². The van der Waals surface area contributed by atoms with Crippen LogP contribution in [0, 0.1) is 5.92 Å². The summed E-state index contributed by atoms with van der Waals surface area (Å²) in [5.74, 6) is -0.623. The van der Waals surface area contributed by atoms with Crippen LogP contribution in [-0.2, 0) is 25.7 Å². The number of likely N-dealkylation sites (tertiary alicyclic amines) is 1. The van der Waals surface area contributed by atoms with E-state index in [1.807, 2.05) is 51.1 Å². The molecule has 0 spiro atoms. The molecule has 178 valence electrons. The Hall–Kier alpha value is -2.57. The fourth-order valence-electron chi connectivity index (χ4n) is 4.03. The molecule has 1 aromatic rings. The van der Waals surface area contributed by atoms with Gasteiger partial charge < -0.3 is 14.8 Å². The van der Waals surface area contributed by atoms with Crippen LogP contribution < -0.4 is 5.32 Å². The first-order valence-corrected chi connectivity index (χ1v) is 11.5. The van der Waals surface area contributed by atoms with Crippen molar-refractivity contribution in [2.75, 3.05) is 6.54 Å². The summed E-state index contributed by atoms with van der Waals surface area (Å²) in [6, 6.07) is 8.64. The Morgan fingerprint density at radius 1 is 1.16 bits per heavy atom. The fourth-order valence-corrected chi connectivity index (χ4v) is 4.03. The minimum Gasteiger partial charge on any atom is -0.459 e. The van der Waals surface area contributed by atoms with Gasteiger partial charge in [-0.3, -0.25) is 9.69 Å². The molecular formula is C25H38N2O5. The third-order valence-electron chi connectivity index (χ3n) is 5.63. The molecule has 0 aromatic heterocycles. The zero-order chi connectivity index (χ0) is 23.9. The molecule has 1 N–H and O–H groups in total. The highest BCUT2D eigenvalue weighted by atomic mass is 16.6. The molecule has 1 unspecified atom stereocenters. The van der Waals surface area contributed by atoms with Crippen LogP contribution in [0.2, 0.25) is 0 Å². The molecule has 2 rings (SSSR count). The van der Waals surface area contributed by atoms with Crippen LogP contribution in [0.15, 0.2) is 30.3 Å². The lowest BCUT2D eigenvalue weighted by atomic mass is 9.91. The smallest absolute Gasteiger partial charge is 0.411 e. The number of hydrogen-bond acceptors (Lipinski definition) is 5. The Kier molecular flexibility index (Phi) is 8.70. The summed E-state index contributed by atoms with van der Waals surface area (Å²) in [6.07, 6.45) is 1.62. The van der Waals surface area contributed by atoms with E-state index in [2.05, 4.69) is 5.32 Å². The molecule has 0 aliphatic carbocycles. The van der Waals surface area contributed by atoms with Crippen LogP contribution in [0.1, 0.15) is 72.8 Å². The van der Waals surface area contributed by atoms with Gasteiger partial charge in [-0.25, -0.2) is 9.59 Å². The number of rotatable bonds is 8. The number of ether oxygens (including phenoxy) is 2. The number of benzene rings is 1. The molecule has 1 aliphatic heterocycles. The van der Waals surface area contributed by atoms with Gasteiger partial charge >= 0.3 is 12.1 Å². The van der Waals surface area contributed by atoms with Crippen LogP contribution in [-0.4, -0.2) is 46.6 Å². The van der Waals surface area contributed by atoms with Gasteiger partial charge in [0, 0.05) is 6.54 Å². The Morgan fingerprint density at radius 2 is 1.81 bits per heavy atom. The van der Waals surface area contributed by atoms with Crippen LogP contribution in [0.4, 0.5) is 4.79 Å². The van der Waals surface area contributed by atoms with Gasteiger partial charge in [0.2, 0.25) is 5.91 Å². The number of nitrogens with zero attached hydrogens (tertiary/aromatic N) is 1. The molecule has 1 aliphatic rings. The molecule has 0 saturated carbocycles. The predicted molar refractivity (Wildman–Crippen MR) is 123 cm³/mol. The van der Waals surface area contributed by atoms with Gasteiger partial charge in [-0.1, -0.05) is 51.1 Å². The molecule has 1 heterocycles. The lowest BCUT2D eigenvalue weighted by Crippen LogP contribution is -2.60. The summed E-state index contributed by atoms with van der Waals surface area (Å²) in [5, 5.41) is 2.90. The van der Waals surface area contributed by atoms with Crippen molar-refractivity contribution in [2.45, 2.75) is 91.0 Å². The van der Waals surface area contributed by atoms with E-state index < -0.39 is 29.2 Å². The number of nitrogens with one attached hydrogen (secondary N) is 1. The average molecular weight is 447 g/mol. The molecule has 7 nitrogen and oxygen atoms in total. The van der Waals surface area contributed by atoms with Gasteiger partial charge in [0.25, 0.3) is 0 Å². The summed E-state index contributed by atoms with van der Waals surface area (Å²) in [6.45, 7) is 11.9. The van der Waals surface area contributed by atoms with Crippen molar-refractivity contribution in [2.24, 2.45) is 5.92 Å². The van der Waals surface area contributed by atoms with Crippen molar-refractivity contribution in [1.82, 2.24) is 10.2 Å². The van der Waals surface area contributed by atoms with E-state index in [0.29, 0.717) is 32.2 Å². The molecule has 2 atom stereocenters. The van der Waals surface area contributed by atoms with E-state index in [4.69, 9.17) is 9.47 Å². The molecule has 0 radical (unpaired) electrons. The first-order chi connectivity index (χ1) is 15.0. The van der Waals surface area contributed by atoms with E-state index in [1.165, 1.54) is 4.90 Å². The van der Waals surface area contributed by atoms with Crippen molar-refractivity contribution in [3.63, 3.8) is 0 Å². The van der Waals surface area contributed by atoms with Crippen LogP contribution in [0.5, 0.6) is 0 Å². The van der Waals surface area contributed by atoms with Crippen molar-refractivity contribution >= 4 is 18.0 Å². The number of esters is 1. The lowest BCUT2D eigenvalue weighted by Gasteiger charge is -2.38. The zero-order valence-electron chi connectivity index (χ0n) is 20.3. The van der Waals surface area contributed by atoms with Gasteiger partial charge in [-0.2, -0.15) is 0 Å². The largest absolute Gasteiger partial charge is 0.459 e. The maximum absolute atomic E-state index is 13.5. The molecule has 0 bridgehead atoms. The Balaban J connectivity index is 2.15. The van der Waals surface area contributed by atoms with Gasteiger partial charge in [0.1, 0.15) is 23.8 Å².